The lowest BCUT2D eigenvalue weighted by Crippen LogP contribution is -2.47. The van der Waals surface area contributed by atoms with Gasteiger partial charge < -0.3 is 14.8 Å². The average molecular weight is 259 g/mol. The van der Waals surface area contributed by atoms with Crippen LogP contribution in [-0.4, -0.2) is 23.2 Å². The van der Waals surface area contributed by atoms with Crippen molar-refractivity contribution < 1.29 is 14.3 Å². The molecular formula is C15H17NO3. The second-order valence-corrected chi connectivity index (χ2v) is 5.31. The molecule has 1 aliphatic carbocycles. The number of hydrogen-bond acceptors (Lipinski definition) is 3. The summed E-state index contributed by atoms with van der Waals surface area (Å²) in [4.78, 5) is 12.1. The van der Waals surface area contributed by atoms with Crippen molar-refractivity contribution in [3.05, 3.63) is 35.6 Å². The molecule has 0 unspecified atom stereocenters. The van der Waals surface area contributed by atoms with E-state index >= 15 is 0 Å². The molecule has 4 heteroatoms. The van der Waals surface area contributed by atoms with Gasteiger partial charge >= 0.3 is 0 Å². The van der Waals surface area contributed by atoms with Gasteiger partial charge in [-0.1, -0.05) is 18.2 Å². The highest BCUT2D eigenvalue weighted by Crippen LogP contribution is 2.31. The number of amides is 1. The summed E-state index contributed by atoms with van der Waals surface area (Å²) < 4.78 is 5.58. The van der Waals surface area contributed by atoms with Gasteiger partial charge in [-0.15, -0.1) is 0 Å². The Morgan fingerprint density at radius 1 is 1.42 bits per heavy atom. The van der Waals surface area contributed by atoms with Crippen LogP contribution in [0.25, 0.3) is 11.0 Å². The molecule has 1 amide bonds. The lowest BCUT2D eigenvalue weighted by atomic mass is 9.80. The molecule has 0 saturated heterocycles. The van der Waals surface area contributed by atoms with E-state index in [9.17, 15) is 9.90 Å². The topological polar surface area (TPSA) is 62.5 Å². The van der Waals surface area contributed by atoms with Gasteiger partial charge in [0, 0.05) is 17.5 Å². The smallest absolute Gasteiger partial charge is 0.287 e. The molecule has 0 bridgehead atoms. The number of para-hydroxylation sites is 1. The largest absolute Gasteiger partial charge is 0.451 e. The predicted molar refractivity (Wildman–Crippen MR) is 72.1 cm³/mol. The summed E-state index contributed by atoms with van der Waals surface area (Å²) in [6.45, 7) is 2.17. The quantitative estimate of drug-likeness (QED) is 0.889. The molecule has 2 N–H and O–H groups in total. The van der Waals surface area contributed by atoms with Gasteiger partial charge in [0.15, 0.2) is 5.76 Å². The minimum atomic E-state index is -0.713. The molecule has 19 heavy (non-hydrogen) atoms. The SMILES string of the molecule is Cc1c(C(=O)NCC2(O)CCC2)oc2ccccc12. The maximum Gasteiger partial charge on any atom is 0.287 e. The molecule has 4 nitrogen and oxygen atoms in total. The van der Waals surface area contributed by atoms with Crippen molar-refractivity contribution in [1.82, 2.24) is 5.32 Å². The van der Waals surface area contributed by atoms with E-state index in [1.54, 1.807) is 0 Å². The van der Waals surface area contributed by atoms with E-state index in [4.69, 9.17) is 4.42 Å². The summed E-state index contributed by atoms with van der Waals surface area (Å²) in [6.07, 6.45) is 2.54. The summed E-state index contributed by atoms with van der Waals surface area (Å²) in [5.74, 6) is 0.0816. The van der Waals surface area contributed by atoms with Crippen molar-refractivity contribution in [2.24, 2.45) is 0 Å². The molecule has 1 fully saturated rings. The van der Waals surface area contributed by atoms with Crippen molar-refractivity contribution in [1.29, 1.82) is 0 Å². The summed E-state index contributed by atoms with van der Waals surface area (Å²) in [5.41, 5.74) is 0.844. The van der Waals surface area contributed by atoms with E-state index in [0.717, 1.165) is 30.2 Å². The number of furan rings is 1. The van der Waals surface area contributed by atoms with Crippen molar-refractivity contribution in [3.8, 4) is 0 Å². The first-order valence-corrected chi connectivity index (χ1v) is 6.58. The Morgan fingerprint density at radius 3 is 2.79 bits per heavy atom. The van der Waals surface area contributed by atoms with Crippen LogP contribution in [0.5, 0.6) is 0 Å². The minimum Gasteiger partial charge on any atom is -0.451 e. The van der Waals surface area contributed by atoms with Gasteiger partial charge in [0.05, 0.1) is 5.60 Å². The first kappa shape index (κ1) is 12.2. The number of aliphatic hydroxyl groups is 1. The van der Waals surface area contributed by atoms with Gasteiger partial charge in [-0.05, 0) is 32.3 Å². The number of fused-ring (bicyclic) bond motifs is 1. The van der Waals surface area contributed by atoms with Crippen LogP contribution in [0.3, 0.4) is 0 Å². The number of benzene rings is 1. The molecule has 1 aromatic heterocycles. The third-order valence-corrected chi connectivity index (χ3v) is 3.91. The Hall–Kier alpha value is -1.81. The molecule has 2 aromatic rings. The highest BCUT2D eigenvalue weighted by Gasteiger charge is 2.35. The molecular weight excluding hydrogens is 242 g/mol. The second-order valence-electron chi connectivity index (χ2n) is 5.31. The molecule has 1 heterocycles. The molecule has 0 aliphatic heterocycles. The van der Waals surface area contributed by atoms with Crippen LogP contribution in [-0.2, 0) is 0 Å². The zero-order valence-corrected chi connectivity index (χ0v) is 10.9. The standard InChI is InChI=1S/C15H17NO3/c1-10-11-5-2-3-6-12(11)19-13(10)14(17)16-9-15(18)7-4-8-15/h2-3,5-6,18H,4,7-9H2,1H3,(H,16,17). The number of hydrogen-bond donors (Lipinski definition) is 2. The third-order valence-electron chi connectivity index (χ3n) is 3.91. The van der Waals surface area contributed by atoms with Crippen LogP contribution in [0.1, 0.15) is 35.4 Å². The molecule has 1 aliphatic rings. The number of carbonyl (C=O) groups excluding carboxylic acids is 1. The molecule has 0 spiro atoms. The summed E-state index contributed by atoms with van der Waals surface area (Å²) in [6, 6.07) is 7.58. The Kier molecular flexibility index (Phi) is 2.82. The lowest BCUT2D eigenvalue weighted by Gasteiger charge is -2.36. The van der Waals surface area contributed by atoms with E-state index in [2.05, 4.69) is 5.32 Å². The number of aryl methyl sites for hydroxylation is 1. The van der Waals surface area contributed by atoms with E-state index in [1.807, 2.05) is 31.2 Å². The van der Waals surface area contributed by atoms with Gasteiger partial charge in [-0.25, -0.2) is 0 Å². The zero-order valence-electron chi connectivity index (χ0n) is 10.9. The fourth-order valence-electron chi connectivity index (χ4n) is 2.48. The highest BCUT2D eigenvalue weighted by molar-refractivity contribution is 5.98. The normalized spacial score (nSPS) is 17.2. The fourth-order valence-corrected chi connectivity index (χ4v) is 2.48. The minimum absolute atomic E-state index is 0.256. The van der Waals surface area contributed by atoms with Crippen LogP contribution < -0.4 is 5.32 Å². The molecule has 100 valence electrons. The Balaban J connectivity index is 1.79. The van der Waals surface area contributed by atoms with Crippen LogP contribution in [0.15, 0.2) is 28.7 Å². The molecule has 1 aromatic carbocycles. The van der Waals surface area contributed by atoms with E-state index < -0.39 is 5.60 Å². The highest BCUT2D eigenvalue weighted by atomic mass is 16.3. The Bertz CT molecular complexity index is 625. The summed E-state index contributed by atoms with van der Waals surface area (Å²) >= 11 is 0. The Labute approximate surface area is 111 Å². The number of carbonyl (C=O) groups is 1. The van der Waals surface area contributed by atoms with Crippen molar-refractivity contribution in [3.63, 3.8) is 0 Å². The van der Waals surface area contributed by atoms with Gasteiger partial charge in [-0.3, -0.25) is 4.79 Å². The monoisotopic (exact) mass is 259 g/mol. The van der Waals surface area contributed by atoms with Crippen molar-refractivity contribution in [2.75, 3.05) is 6.54 Å². The van der Waals surface area contributed by atoms with Gasteiger partial charge in [0.25, 0.3) is 5.91 Å². The van der Waals surface area contributed by atoms with Crippen LogP contribution >= 0.6 is 0 Å². The lowest BCUT2D eigenvalue weighted by molar-refractivity contribution is -0.0301. The van der Waals surface area contributed by atoms with Crippen LogP contribution in [0.4, 0.5) is 0 Å². The van der Waals surface area contributed by atoms with Crippen LogP contribution in [0.2, 0.25) is 0 Å². The summed E-state index contributed by atoms with van der Waals surface area (Å²) in [5, 5.41) is 13.7. The maximum absolute atomic E-state index is 12.1. The average Bonchev–Trinajstić information content (AvgIpc) is 2.72. The zero-order chi connectivity index (χ0) is 13.5. The third kappa shape index (κ3) is 2.12. The Morgan fingerprint density at radius 2 is 2.16 bits per heavy atom. The molecule has 0 radical (unpaired) electrons. The number of rotatable bonds is 3. The van der Waals surface area contributed by atoms with Crippen LogP contribution in [0, 0.1) is 6.92 Å². The number of nitrogens with one attached hydrogen (secondary N) is 1. The molecule has 1 saturated carbocycles. The van der Waals surface area contributed by atoms with Crippen molar-refractivity contribution in [2.45, 2.75) is 31.8 Å². The van der Waals surface area contributed by atoms with Crippen molar-refractivity contribution >= 4 is 16.9 Å². The van der Waals surface area contributed by atoms with Gasteiger partial charge in [0.2, 0.25) is 0 Å². The second kappa shape index (κ2) is 4.38. The van der Waals surface area contributed by atoms with E-state index in [1.165, 1.54) is 0 Å². The predicted octanol–water partition coefficient (Wildman–Crippen LogP) is 2.39. The molecule has 0 atom stereocenters. The summed E-state index contributed by atoms with van der Waals surface area (Å²) in [7, 11) is 0. The first-order chi connectivity index (χ1) is 9.09. The molecule has 3 rings (SSSR count). The van der Waals surface area contributed by atoms with Gasteiger partial charge in [-0.2, -0.15) is 0 Å². The first-order valence-electron chi connectivity index (χ1n) is 6.58. The van der Waals surface area contributed by atoms with E-state index in [0.29, 0.717) is 17.9 Å². The van der Waals surface area contributed by atoms with E-state index in [-0.39, 0.29) is 5.91 Å². The fraction of sp³-hybridized carbons (Fsp3) is 0.400. The maximum atomic E-state index is 12.1. The van der Waals surface area contributed by atoms with Gasteiger partial charge in [0.1, 0.15) is 5.58 Å².